The van der Waals surface area contributed by atoms with Crippen molar-refractivity contribution >= 4 is 12.4 Å². The molecule has 0 bridgehead atoms. The van der Waals surface area contributed by atoms with Gasteiger partial charge in [-0.25, -0.2) is 0 Å². The van der Waals surface area contributed by atoms with Crippen LogP contribution in [-0.4, -0.2) is 25.4 Å². The maximum atomic E-state index is 10.8. The monoisotopic (exact) mass is 407 g/mol. The molecule has 0 aliphatic heterocycles. The van der Waals surface area contributed by atoms with Gasteiger partial charge in [0.25, 0.3) is 0 Å². The second kappa shape index (κ2) is 10.6. The number of aliphatic hydroxyl groups excluding tert-OH is 1. The Morgan fingerprint density at radius 1 is 1.00 bits per heavy atom. The third-order valence-corrected chi connectivity index (χ3v) is 5.36. The van der Waals surface area contributed by atoms with Gasteiger partial charge in [-0.1, -0.05) is 43.2 Å². The predicted molar refractivity (Wildman–Crippen MR) is 112 cm³/mol. The number of methoxy groups -OCH3 is 2. The molecule has 3 rings (SSSR count). The van der Waals surface area contributed by atoms with Crippen molar-refractivity contribution in [2.45, 2.75) is 44.4 Å². The van der Waals surface area contributed by atoms with E-state index in [1.807, 2.05) is 36.4 Å². The van der Waals surface area contributed by atoms with Crippen LogP contribution in [0.4, 0.5) is 0 Å². The van der Waals surface area contributed by atoms with E-state index in [4.69, 9.17) is 19.9 Å². The van der Waals surface area contributed by atoms with E-state index in [1.165, 1.54) is 0 Å². The summed E-state index contributed by atoms with van der Waals surface area (Å²) in [7, 11) is 3.18. The Hall–Kier alpha value is -1.95. The largest absolute Gasteiger partial charge is 0.493 e. The zero-order valence-electron chi connectivity index (χ0n) is 16.5. The van der Waals surface area contributed by atoms with Crippen LogP contribution in [0.2, 0.25) is 0 Å². The zero-order valence-corrected chi connectivity index (χ0v) is 17.3. The Morgan fingerprint density at radius 3 is 2.21 bits per heavy atom. The highest BCUT2D eigenvalue weighted by Gasteiger charge is 2.31. The van der Waals surface area contributed by atoms with Gasteiger partial charge < -0.3 is 25.1 Å². The summed E-state index contributed by atoms with van der Waals surface area (Å²) in [6, 6.07) is 13.0. The Kier molecular flexibility index (Phi) is 8.42. The van der Waals surface area contributed by atoms with Gasteiger partial charge in [0.1, 0.15) is 12.4 Å². The molecule has 1 fully saturated rings. The summed E-state index contributed by atoms with van der Waals surface area (Å²) in [5, 5.41) is 10.8. The quantitative estimate of drug-likeness (QED) is 0.684. The summed E-state index contributed by atoms with van der Waals surface area (Å²) < 4.78 is 16.9. The number of aliphatic hydroxyl groups is 1. The van der Waals surface area contributed by atoms with E-state index in [9.17, 15) is 5.11 Å². The molecular weight excluding hydrogens is 378 g/mol. The second-order valence-electron chi connectivity index (χ2n) is 7.08. The SMILES string of the molecule is COc1cc(OCc2ccccc2)c([C@@H](N)[C@@H](O)C2CCCC2)cc1OC.Cl. The predicted octanol–water partition coefficient (Wildman–Crippen LogP) is 4.26. The lowest BCUT2D eigenvalue weighted by Crippen LogP contribution is -2.32. The van der Waals surface area contributed by atoms with Crippen molar-refractivity contribution in [1.82, 2.24) is 0 Å². The molecule has 0 aromatic heterocycles. The van der Waals surface area contributed by atoms with Crippen LogP contribution in [0.15, 0.2) is 42.5 Å². The Morgan fingerprint density at radius 2 is 1.61 bits per heavy atom. The first-order chi connectivity index (χ1) is 13.1. The molecule has 3 N–H and O–H groups in total. The molecule has 1 aliphatic rings. The minimum atomic E-state index is -0.607. The number of ether oxygens (including phenoxy) is 3. The topological polar surface area (TPSA) is 73.9 Å². The minimum Gasteiger partial charge on any atom is -0.493 e. The summed E-state index contributed by atoms with van der Waals surface area (Å²) >= 11 is 0. The maximum absolute atomic E-state index is 10.8. The van der Waals surface area contributed by atoms with Crippen molar-refractivity contribution in [3.8, 4) is 17.2 Å². The lowest BCUT2D eigenvalue weighted by molar-refractivity contribution is 0.0830. The number of hydrogen-bond acceptors (Lipinski definition) is 5. The highest BCUT2D eigenvalue weighted by atomic mass is 35.5. The summed E-state index contributed by atoms with van der Waals surface area (Å²) in [6.45, 7) is 0.412. The second-order valence-corrected chi connectivity index (χ2v) is 7.08. The van der Waals surface area contributed by atoms with Gasteiger partial charge in [-0.05, 0) is 30.4 Å². The van der Waals surface area contributed by atoms with Crippen molar-refractivity contribution in [2.24, 2.45) is 11.7 Å². The molecule has 0 amide bonds. The van der Waals surface area contributed by atoms with Crippen molar-refractivity contribution in [3.63, 3.8) is 0 Å². The number of halogens is 1. The van der Waals surface area contributed by atoms with Crippen molar-refractivity contribution in [1.29, 1.82) is 0 Å². The van der Waals surface area contributed by atoms with E-state index in [1.54, 1.807) is 20.3 Å². The molecule has 2 aromatic carbocycles. The van der Waals surface area contributed by atoms with Crippen LogP contribution >= 0.6 is 12.4 Å². The average molecular weight is 408 g/mol. The molecule has 28 heavy (non-hydrogen) atoms. The average Bonchev–Trinajstić information content (AvgIpc) is 3.26. The fourth-order valence-electron chi connectivity index (χ4n) is 3.77. The molecule has 154 valence electrons. The molecule has 2 aromatic rings. The molecule has 0 unspecified atom stereocenters. The number of hydrogen-bond donors (Lipinski definition) is 2. The summed E-state index contributed by atoms with van der Waals surface area (Å²) in [5.41, 5.74) is 8.27. The van der Waals surface area contributed by atoms with Gasteiger partial charge in [0, 0.05) is 11.6 Å². The summed E-state index contributed by atoms with van der Waals surface area (Å²) in [5.74, 6) is 2.00. The molecule has 6 heteroatoms. The van der Waals surface area contributed by atoms with Crippen LogP contribution in [0.25, 0.3) is 0 Å². The fraction of sp³-hybridized carbons (Fsp3) is 0.455. The first-order valence-corrected chi connectivity index (χ1v) is 9.50. The van der Waals surface area contributed by atoms with Gasteiger partial charge in [-0.2, -0.15) is 0 Å². The van der Waals surface area contributed by atoms with Gasteiger partial charge in [-0.15, -0.1) is 12.4 Å². The van der Waals surface area contributed by atoms with Crippen molar-refractivity contribution in [2.75, 3.05) is 14.2 Å². The molecular formula is C22H30ClNO4. The third kappa shape index (κ3) is 5.10. The van der Waals surface area contributed by atoms with Crippen molar-refractivity contribution in [3.05, 3.63) is 53.6 Å². The first kappa shape index (κ1) is 22.3. The van der Waals surface area contributed by atoms with Gasteiger partial charge in [-0.3, -0.25) is 0 Å². The van der Waals surface area contributed by atoms with E-state index in [2.05, 4.69) is 0 Å². The number of nitrogens with two attached hydrogens (primary N) is 1. The van der Waals surface area contributed by atoms with E-state index >= 15 is 0 Å². The third-order valence-electron chi connectivity index (χ3n) is 5.36. The summed E-state index contributed by atoms with van der Waals surface area (Å²) in [4.78, 5) is 0. The lowest BCUT2D eigenvalue weighted by Gasteiger charge is -2.27. The van der Waals surface area contributed by atoms with Gasteiger partial charge in [0.15, 0.2) is 11.5 Å². The maximum Gasteiger partial charge on any atom is 0.164 e. The van der Waals surface area contributed by atoms with Crippen LogP contribution in [-0.2, 0) is 6.61 Å². The molecule has 2 atom stereocenters. The highest BCUT2D eigenvalue weighted by Crippen LogP contribution is 2.40. The van der Waals surface area contributed by atoms with Gasteiger partial charge >= 0.3 is 0 Å². The molecule has 0 radical (unpaired) electrons. The van der Waals surface area contributed by atoms with Crippen LogP contribution < -0.4 is 19.9 Å². The normalized spacial score (nSPS) is 16.1. The van der Waals surface area contributed by atoms with E-state index in [0.29, 0.717) is 23.9 Å². The summed E-state index contributed by atoms with van der Waals surface area (Å²) in [6.07, 6.45) is 3.73. The smallest absolute Gasteiger partial charge is 0.164 e. The molecule has 1 aliphatic carbocycles. The molecule has 0 saturated heterocycles. The molecule has 1 saturated carbocycles. The zero-order chi connectivity index (χ0) is 19.2. The van der Waals surface area contributed by atoms with Crippen LogP contribution in [0, 0.1) is 5.92 Å². The molecule has 0 heterocycles. The van der Waals surface area contributed by atoms with Crippen LogP contribution in [0.3, 0.4) is 0 Å². The van der Waals surface area contributed by atoms with Gasteiger partial charge in [0.05, 0.1) is 26.4 Å². The first-order valence-electron chi connectivity index (χ1n) is 9.50. The van der Waals surface area contributed by atoms with Crippen molar-refractivity contribution < 1.29 is 19.3 Å². The molecule has 0 spiro atoms. The van der Waals surface area contributed by atoms with Crippen LogP contribution in [0.5, 0.6) is 17.2 Å². The highest BCUT2D eigenvalue weighted by molar-refractivity contribution is 5.85. The fourth-order valence-corrected chi connectivity index (χ4v) is 3.77. The Balaban J connectivity index is 0.00000280. The van der Waals surface area contributed by atoms with E-state index in [-0.39, 0.29) is 18.3 Å². The number of rotatable bonds is 8. The molecule has 5 nitrogen and oxygen atoms in total. The van der Waals surface area contributed by atoms with Crippen LogP contribution in [0.1, 0.15) is 42.9 Å². The number of benzene rings is 2. The standard InChI is InChI=1S/C22H29NO4.ClH/c1-25-19-12-17(21(23)22(24)16-10-6-7-11-16)18(13-20(19)26-2)27-14-15-8-4-3-5-9-15;/h3-5,8-9,12-13,16,21-22,24H,6-7,10-11,14,23H2,1-2H3;1H/t21-,22+;/m1./s1. The van der Waals surface area contributed by atoms with Gasteiger partial charge in [0.2, 0.25) is 0 Å². The Bertz CT molecular complexity index is 735. The van der Waals surface area contributed by atoms with E-state index < -0.39 is 12.1 Å². The Labute approximate surface area is 173 Å². The minimum absolute atomic E-state index is 0. The lowest BCUT2D eigenvalue weighted by atomic mass is 9.90. The van der Waals surface area contributed by atoms with E-state index in [0.717, 1.165) is 36.8 Å².